The number of aromatic nitrogens is 1. The molecule has 1 fully saturated rings. The van der Waals surface area contributed by atoms with Crippen molar-refractivity contribution in [2.45, 2.75) is 16.7 Å². The number of ether oxygens (including phenoxy) is 1. The molecule has 1 amide bonds. The molecule has 12 heteroatoms. The average Bonchev–Trinajstić information content (AvgIpc) is 3.36. The summed E-state index contributed by atoms with van der Waals surface area (Å²) >= 11 is 0.108. The molecule has 7 rings (SSSR count). The van der Waals surface area contributed by atoms with E-state index in [-0.39, 0.29) is 31.0 Å². The SMILES string of the molecule is O=C1c2c(O)c(=O)ccn2N([I-]C2c3ccccc3-c3sc(CO)cc3-c3c2ccc(F)c3F)C2COCCN12. The molecule has 0 radical (unpaired) electrons. The first kappa shape index (κ1) is 25.6. The number of alkyl halides is 1. The second kappa shape index (κ2) is 9.65. The quantitative estimate of drug-likeness (QED) is 0.188. The van der Waals surface area contributed by atoms with Crippen molar-refractivity contribution in [1.29, 1.82) is 0 Å². The number of rotatable bonds is 3. The van der Waals surface area contributed by atoms with Gasteiger partial charge >= 0.3 is 242 Å². The van der Waals surface area contributed by atoms with Gasteiger partial charge in [0.05, 0.1) is 0 Å². The Morgan fingerprint density at radius 3 is 2.73 bits per heavy atom. The summed E-state index contributed by atoms with van der Waals surface area (Å²) in [5, 5.41) is 20.5. The Kier molecular flexibility index (Phi) is 6.18. The molecule has 206 valence electrons. The van der Waals surface area contributed by atoms with Crippen LogP contribution in [-0.2, 0) is 11.3 Å². The number of thiophene rings is 1. The molecular formula is C28H21F2IN3O5S-. The number of aliphatic hydroxyl groups excluding tert-OH is 1. The first-order valence-electron chi connectivity index (χ1n) is 12.5. The molecule has 2 atom stereocenters. The number of pyridine rings is 1. The van der Waals surface area contributed by atoms with Crippen LogP contribution in [-0.4, -0.2) is 51.6 Å². The summed E-state index contributed by atoms with van der Waals surface area (Å²) in [6, 6.07) is 13.3. The molecule has 2 aromatic heterocycles. The fourth-order valence-corrected chi connectivity index (χ4v) is 10.3. The van der Waals surface area contributed by atoms with E-state index in [1.54, 1.807) is 17.0 Å². The van der Waals surface area contributed by atoms with E-state index in [1.807, 2.05) is 27.5 Å². The third kappa shape index (κ3) is 3.73. The van der Waals surface area contributed by atoms with Crippen LogP contribution in [0.5, 0.6) is 5.75 Å². The third-order valence-electron chi connectivity index (χ3n) is 7.36. The molecule has 40 heavy (non-hydrogen) atoms. The van der Waals surface area contributed by atoms with Crippen LogP contribution in [0.4, 0.5) is 8.78 Å². The molecule has 1 aliphatic carbocycles. The van der Waals surface area contributed by atoms with Gasteiger partial charge < -0.3 is 0 Å². The Hall–Kier alpha value is -3.33. The minimum atomic E-state index is -1.23. The summed E-state index contributed by atoms with van der Waals surface area (Å²) < 4.78 is 39.3. The van der Waals surface area contributed by atoms with E-state index in [0.29, 0.717) is 22.6 Å². The molecule has 2 aromatic carbocycles. The summed E-state index contributed by atoms with van der Waals surface area (Å²) in [5.41, 5.74) is 2.25. The predicted molar refractivity (Wildman–Crippen MR) is 139 cm³/mol. The standard InChI is InChI=1S/C28H21F2IN3O5S/c29-19-6-5-17-22(23(19)30)18-11-14(12-35)40-27(18)16-4-2-1-3-15(16)24(17)31-34-21-13-39-10-9-32(21)28(38)25-26(37)20(36)7-8-33(25)34/h1-8,11,21,24,35,37H,9-10,12-13H2/q-1. The fraction of sp³-hybridized carbons (Fsp3) is 0.214. The van der Waals surface area contributed by atoms with Gasteiger partial charge in [0.1, 0.15) is 0 Å². The van der Waals surface area contributed by atoms with Gasteiger partial charge in [0.15, 0.2) is 0 Å². The number of carbonyl (C=O) groups excluding carboxylic acids is 1. The number of hydrogen-bond acceptors (Lipinski definition) is 7. The molecule has 0 bridgehead atoms. The zero-order valence-corrected chi connectivity index (χ0v) is 23.7. The Balaban J connectivity index is 1.47. The molecule has 4 heterocycles. The molecule has 0 spiro atoms. The molecule has 1 saturated heterocycles. The molecule has 4 aromatic rings. The molecule has 2 aliphatic heterocycles. The molecule has 0 saturated carbocycles. The third-order valence-corrected chi connectivity index (χ3v) is 12.1. The van der Waals surface area contributed by atoms with Crippen LogP contribution in [0.3, 0.4) is 0 Å². The number of nitrogens with zero attached hydrogens (tertiary/aromatic N) is 3. The Morgan fingerprint density at radius 2 is 1.90 bits per heavy atom. The van der Waals surface area contributed by atoms with Crippen molar-refractivity contribution in [2.75, 3.05) is 23.0 Å². The normalized spacial score (nSPS) is 19.4. The van der Waals surface area contributed by atoms with Gasteiger partial charge in [-0.2, -0.15) is 0 Å². The van der Waals surface area contributed by atoms with E-state index >= 15 is 4.39 Å². The van der Waals surface area contributed by atoms with Crippen LogP contribution in [0.1, 0.15) is 30.4 Å². The molecule has 2 unspecified atom stereocenters. The van der Waals surface area contributed by atoms with Crippen LogP contribution in [0.2, 0.25) is 0 Å². The van der Waals surface area contributed by atoms with E-state index in [4.69, 9.17) is 4.74 Å². The first-order valence-corrected chi connectivity index (χ1v) is 15.5. The number of amides is 1. The molecule has 2 N–H and O–H groups in total. The summed E-state index contributed by atoms with van der Waals surface area (Å²) in [6.45, 7) is 0.592. The monoisotopic (exact) mass is 676 g/mol. The van der Waals surface area contributed by atoms with E-state index in [0.717, 1.165) is 22.1 Å². The number of halogens is 3. The number of aromatic hydroxyl groups is 1. The van der Waals surface area contributed by atoms with Gasteiger partial charge in [-0.3, -0.25) is 0 Å². The van der Waals surface area contributed by atoms with Crippen molar-refractivity contribution in [3.05, 3.63) is 98.3 Å². The summed E-state index contributed by atoms with van der Waals surface area (Å²) in [6.07, 6.45) is 0.961. The van der Waals surface area contributed by atoms with Crippen molar-refractivity contribution < 1.29 is 50.0 Å². The number of morpholine rings is 1. The van der Waals surface area contributed by atoms with Crippen molar-refractivity contribution in [1.82, 2.24) is 9.58 Å². The fourth-order valence-electron chi connectivity index (χ4n) is 5.52. The van der Waals surface area contributed by atoms with Gasteiger partial charge in [0.25, 0.3) is 0 Å². The molecule has 3 aliphatic rings. The topological polar surface area (TPSA) is 95.2 Å². The summed E-state index contributed by atoms with van der Waals surface area (Å²) in [7, 11) is 0. The van der Waals surface area contributed by atoms with Crippen molar-refractivity contribution in [3.8, 4) is 27.3 Å². The molecular weight excluding hydrogens is 655 g/mol. The minimum absolute atomic E-state index is 0.121. The van der Waals surface area contributed by atoms with E-state index in [1.165, 1.54) is 28.3 Å². The van der Waals surface area contributed by atoms with Crippen molar-refractivity contribution in [3.63, 3.8) is 0 Å². The van der Waals surface area contributed by atoms with Gasteiger partial charge in [-0.05, 0) is 0 Å². The van der Waals surface area contributed by atoms with Gasteiger partial charge in [-0.1, -0.05) is 0 Å². The Bertz CT molecular complexity index is 1760. The summed E-state index contributed by atoms with van der Waals surface area (Å²) in [4.78, 5) is 28.7. The van der Waals surface area contributed by atoms with E-state index < -0.39 is 60.3 Å². The second-order valence-electron chi connectivity index (χ2n) is 9.55. The van der Waals surface area contributed by atoms with Gasteiger partial charge in [0.2, 0.25) is 0 Å². The zero-order chi connectivity index (χ0) is 27.7. The van der Waals surface area contributed by atoms with E-state index in [9.17, 15) is 24.2 Å². The van der Waals surface area contributed by atoms with Crippen LogP contribution >= 0.6 is 11.3 Å². The van der Waals surface area contributed by atoms with Crippen molar-refractivity contribution in [2.24, 2.45) is 0 Å². The number of aliphatic hydroxyl groups is 1. The zero-order valence-electron chi connectivity index (χ0n) is 20.7. The Labute approximate surface area is 241 Å². The van der Waals surface area contributed by atoms with Crippen LogP contribution < -0.4 is 30.1 Å². The first-order chi connectivity index (χ1) is 19.4. The number of fused-ring (bicyclic) bond motifs is 7. The maximum atomic E-state index is 15.7. The maximum absolute atomic E-state index is 15.7. The molecule has 8 nitrogen and oxygen atoms in total. The van der Waals surface area contributed by atoms with Gasteiger partial charge in [-0.15, -0.1) is 0 Å². The van der Waals surface area contributed by atoms with E-state index in [2.05, 4.69) is 0 Å². The number of carbonyl (C=O) groups is 1. The number of benzene rings is 2. The van der Waals surface area contributed by atoms with Crippen LogP contribution in [0.25, 0.3) is 21.6 Å². The van der Waals surface area contributed by atoms with Crippen LogP contribution in [0, 0.1) is 11.6 Å². The summed E-state index contributed by atoms with van der Waals surface area (Å²) in [5.74, 6) is -3.01. The number of hydrogen-bond donors (Lipinski definition) is 2. The van der Waals surface area contributed by atoms with Gasteiger partial charge in [0, 0.05) is 0 Å². The predicted octanol–water partition coefficient (Wildman–Crippen LogP) is 0.577. The van der Waals surface area contributed by atoms with Crippen LogP contribution in [0.15, 0.2) is 59.5 Å². The van der Waals surface area contributed by atoms with Crippen molar-refractivity contribution >= 4 is 17.2 Å². The Morgan fingerprint density at radius 1 is 1.07 bits per heavy atom. The van der Waals surface area contributed by atoms with Gasteiger partial charge in [-0.25, -0.2) is 0 Å². The average molecular weight is 676 g/mol. The second-order valence-corrected chi connectivity index (χ2v) is 13.5.